The molecular formula is C19H17N3O2. The number of hydrogen-bond donors (Lipinski definition) is 0. The molecule has 2 aromatic heterocycles. The van der Waals surface area contributed by atoms with Crippen molar-refractivity contribution in [3.8, 4) is 5.82 Å². The number of ether oxygens (including phenoxy) is 1. The third-order valence-corrected chi connectivity index (χ3v) is 4.39. The van der Waals surface area contributed by atoms with Gasteiger partial charge in [-0.25, -0.2) is 14.8 Å². The number of aromatic nitrogens is 3. The van der Waals surface area contributed by atoms with Crippen LogP contribution in [-0.2, 0) is 11.2 Å². The summed E-state index contributed by atoms with van der Waals surface area (Å²) in [4.78, 5) is 20.7. The van der Waals surface area contributed by atoms with Gasteiger partial charge in [-0.3, -0.25) is 4.57 Å². The van der Waals surface area contributed by atoms with Gasteiger partial charge in [0.2, 0.25) is 0 Å². The maximum absolute atomic E-state index is 12.3. The standard InChI is InChI=1S/C19H17N3O2/c23-19(17-6-3-7-18(21-17)22-11-10-20-13-22)24-12-15-9-8-14-4-1-2-5-16(14)15/h1-7,10-11,13,15H,8-9,12H2. The van der Waals surface area contributed by atoms with Crippen LogP contribution < -0.4 is 0 Å². The Morgan fingerprint density at radius 1 is 1.21 bits per heavy atom. The molecule has 24 heavy (non-hydrogen) atoms. The van der Waals surface area contributed by atoms with Crippen LogP contribution in [0.3, 0.4) is 0 Å². The van der Waals surface area contributed by atoms with Gasteiger partial charge in [0.05, 0.1) is 6.61 Å². The minimum absolute atomic E-state index is 0.280. The van der Waals surface area contributed by atoms with Crippen LogP contribution in [0.25, 0.3) is 5.82 Å². The van der Waals surface area contributed by atoms with Crippen LogP contribution in [0.2, 0.25) is 0 Å². The normalized spacial score (nSPS) is 15.9. The molecule has 5 nitrogen and oxygen atoms in total. The second-order valence-corrected chi connectivity index (χ2v) is 5.88. The second-order valence-electron chi connectivity index (χ2n) is 5.88. The lowest BCUT2D eigenvalue weighted by atomic mass is 10.0. The average Bonchev–Trinajstić information content (AvgIpc) is 3.30. The van der Waals surface area contributed by atoms with Gasteiger partial charge in [-0.1, -0.05) is 30.3 Å². The lowest BCUT2D eigenvalue weighted by molar-refractivity contribution is 0.0472. The monoisotopic (exact) mass is 319 g/mol. The third-order valence-electron chi connectivity index (χ3n) is 4.39. The lowest BCUT2D eigenvalue weighted by Gasteiger charge is -2.12. The Morgan fingerprint density at radius 3 is 3.00 bits per heavy atom. The first-order valence-corrected chi connectivity index (χ1v) is 8.01. The van der Waals surface area contributed by atoms with E-state index in [4.69, 9.17) is 4.74 Å². The Bertz CT molecular complexity index is 859. The molecule has 0 spiro atoms. The Morgan fingerprint density at radius 2 is 2.12 bits per heavy atom. The summed E-state index contributed by atoms with van der Waals surface area (Å²) in [5.74, 6) is 0.538. The summed E-state index contributed by atoms with van der Waals surface area (Å²) in [6, 6.07) is 13.7. The Balaban J connectivity index is 1.45. The zero-order valence-electron chi connectivity index (χ0n) is 13.1. The minimum atomic E-state index is -0.388. The average molecular weight is 319 g/mol. The summed E-state index contributed by atoms with van der Waals surface area (Å²) in [6.07, 6.45) is 7.17. The van der Waals surface area contributed by atoms with E-state index >= 15 is 0 Å². The highest BCUT2D eigenvalue weighted by Gasteiger charge is 2.23. The smallest absolute Gasteiger partial charge is 0.357 e. The quantitative estimate of drug-likeness (QED) is 0.693. The number of benzene rings is 1. The van der Waals surface area contributed by atoms with Crippen LogP contribution in [0.15, 0.2) is 61.2 Å². The molecule has 0 saturated carbocycles. The van der Waals surface area contributed by atoms with E-state index in [1.807, 2.05) is 12.1 Å². The van der Waals surface area contributed by atoms with Crippen molar-refractivity contribution in [2.24, 2.45) is 0 Å². The predicted molar refractivity (Wildman–Crippen MR) is 89.1 cm³/mol. The molecule has 1 aliphatic rings. The molecule has 0 fully saturated rings. The summed E-state index contributed by atoms with van der Waals surface area (Å²) < 4.78 is 7.27. The van der Waals surface area contributed by atoms with Crippen LogP contribution in [0.5, 0.6) is 0 Å². The maximum Gasteiger partial charge on any atom is 0.357 e. The van der Waals surface area contributed by atoms with Gasteiger partial charge >= 0.3 is 5.97 Å². The van der Waals surface area contributed by atoms with E-state index in [0.717, 1.165) is 12.8 Å². The molecule has 2 heterocycles. The minimum Gasteiger partial charge on any atom is -0.460 e. The predicted octanol–water partition coefficient (Wildman–Crippen LogP) is 3.15. The SMILES string of the molecule is O=C(OCC1CCc2ccccc21)c1cccc(-n2ccnc2)n1. The highest BCUT2D eigenvalue weighted by atomic mass is 16.5. The maximum atomic E-state index is 12.3. The van der Waals surface area contributed by atoms with Crippen LogP contribution >= 0.6 is 0 Å². The van der Waals surface area contributed by atoms with Gasteiger partial charge in [-0.15, -0.1) is 0 Å². The molecule has 1 aromatic carbocycles. The summed E-state index contributed by atoms with van der Waals surface area (Å²) in [5.41, 5.74) is 2.97. The Hall–Kier alpha value is -2.95. The fraction of sp³-hybridized carbons (Fsp3) is 0.211. The second kappa shape index (κ2) is 6.28. The van der Waals surface area contributed by atoms with Crippen molar-refractivity contribution in [1.29, 1.82) is 0 Å². The van der Waals surface area contributed by atoms with Gasteiger partial charge < -0.3 is 4.74 Å². The van der Waals surface area contributed by atoms with E-state index in [2.05, 4.69) is 28.2 Å². The number of aryl methyl sites for hydroxylation is 1. The summed E-state index contributed by atoms with van der Waals surface area (Å²) in [6.45, 7) is 0.396. The molecule has 0 radical (unpaired) electrons. The highest BCUT2D eigenvalue weighted by molar-refractivity contribution is 5.87. The zero-order chi connectivity index (χ0) is 16.4. The molecule has 1 aliphatic carbocycles. The van der Waals surface area contributed by atoms with E-state index in [0.29, 0.717) is 18.1 Å². The van der Waals surface area contributed by atoms with Crippen LogP contribution in [0, 0.1) is 0 Å². The fourth-order valence-electron chi connectivity index (χ4n) is 3.14. The molecule has 120 valence electrons. The van der Waals surface area contributed by atoms with E-state index < -0.39 is 0 Å². The van der Waals surface area contributed by atoms with Crippen molar-refractivity contribution >= 4 is 5.97 Å². The van der Waals surface area contributed by atoms with Crippen molar-refractivity contribution in [2.45, 2.75) is 18.8 Å². The highest BCUT2D eigenvalue weighted by Crippen LogP contribution is 2.32. The first kappa shape index (κ1) is 14.6. The van der Waals surface area contributed by atoms with E-state index in [1.165, 1.54) is 11.1 Å². The van der Waals surface area contributed by atoms with Crippen molar-refractivity contribution in [3.05, 3.63) is 78.0 Å². The molecule has 5 heteroatoms. The van der Waals surface area contributed by atoms with Gasteiger partial charge in [0.25, 0.3) is 0 Å². The number of pyridine rings is 1. The third kappa shape index (κ3) is 2.80. The topological polar surface area (TPSA) is 57.0 Å². The van der Waals surface area contributed by atoms with Gasteiger partial charge in [0, 0.05) is 18.3 Å². The number of carbonyl (C=O) groups excluding carboxylic acids is 1. The van der Waals surface area contributed by atoms with E-state index in [9.17, 15) is 4.79 Å². The molecule has 4 rings (SSSR count). The molecular weight excluding hydrogens is 302 g/mol. The molecule has 1 unspecified atom stereocenters. The molecule has 3 aromatic rings. The van der Waals surface area contributed by atoms with Crippen LogP contribution in [-0.4, -0.2) is 27.1 Å². The van der Waals surface area contributed by atoms with Crippen molar-refractivity contribution < 1.29 is 9.53 Å². The Labute approximate surface area is 139 Å². The molecule has 0 bridgehead atoms. The molecule has 0 saturated heterocycles. The van der Waals surface area contributed by atoms with Gasteiger partial charge in [0.15, 0.2) is 5.69 Å². The molecule has 1 atom stereocenters. The van der Waals surface area contributed by atoms with Gasteiger partial charge in [0.1, 0.15) is 12.1 Å². The number of rotatable bonds is 4. The molecule has 0 amide bonds. The number of hydrogen-bond acceptors (Lipinski definition) is 4. The van der Waals surface area contributed by atoms with Gasteiger partial charge in [-0.2, -0.15) is 0 Å². The lowest BCUT2D eigenvalue weighted by Crippen LogP contribution is -2.13. The number of fused-ring (bicyclic) bond motifs is 1. The summed E-state index contributed by atoms with van der Waals surface area (Å²) in [5, 5.41) is 0. The van der Waals surface area contributed by atoms with Gasteiger partial charge in [-0.05, 0) is 36.1 Å². The first-order valence-electron chi connectivity index (χ1n) is 8.01. The first-order chi connectivity index (χ1) is 11.8. The summed E-state index contributed by atoms with van der Waals surface area (Å²) >= 11 is 0. The van der Waals surface area contributed by atoms with Crippen LogP contribution in [0.1, 0.15) is 34.0 Å². The van der Waals surface area contributed by atoms with Crippen molar-refractivity contribution in [3.63, 3.8) is 0 Å². The molecule has 0 N–H and O–H groups in total. The Kier molecular flexibility index (Phi) is 3.83. The van der Waals surface area contributed by atoms with Crippen molar-refractivity contribution in [2.75, 3.05) is 6.61 Å². The fourth-order valence-corrected chi connectivity index (χ4v) is 3.14. The van der Waals surface area contributed by atoms with E-state index in [1.54, 1.807) is 35.4 Å². The van der Waals surface area contributed by atoms with Crippen molar-refractivity contribution in [1.82, 2.24) is 14.5 Å². The number of esters is 1. The number of carbonyl (C=O) groups is 1. The largest absolute Gasteiger partial charge is 0.460 e. The zero-order valence-corrected chi connectivity index (χ0v) is 13.1. The van der Waals surface area contributed by atoms with Crippen LogP contribution in [0.4, 0.5) is 0 Å². The van der Waals surface area contributed by atoms with E-state index in [-0.39, 0.29) is 11.9 Å². The number of imidazole rings is 1. The number of nitrogens with zero attached hydrogens (tertiary/aromatic N) is 3. The molecule has 0 aliphatic heterocycles. The summed E-state index contributed by atoms with van der Waals surface area (Å²) in [7, 11) is 0.